The minimum absolute atomic E-state index is 0.0252. The minimum Gasteiger partial charge on any atom is -0.381 e. The van der Waals surface area contributed by atoms with E-state index in [0.717, 1.165) is 19.3 Å². The predicted molar refractivity (Wildman–Crippen MR) is 78.6 cm³/mol. The van der Waals surface area contributed by atoms with Crippen molar-refractivity contribution in [3.8, 4) is 0 Å². The topological polar surface area (TPSA) is 90.0 Å². The molecule has 0 aromatic carbocycles. The monoisotopic (exact) mass is 300 g/mol. The van der Waals surface area contributed by atoms with Gasteiger partial charge < -0.3 is 5.73 Å². The van der Waals surface area contributed by atoms with E-state index in [1.807, 2.05) is 0 Å². The van der Waals surface area contributed by atoms with E-state index >= 15 is 0 Å². The number of hydrogen-bond acceptors (Lipinski definition) is 4. The second-order valence-corrected chi connectivity index (χ2v) is 7.57. The maximum atomic E-state index is 12.6. The molecule has 7 heteroatoms. The second-order valence-electron chi connectivity index (χ2n) is 5.92. The number of aryl methyl sites for hydroxylation is 1. The van der Waals surface area contributed by atoms with Crippen molar-refractivity contribution in [2.45, 2.75) is 51.0 Å². The van der Waals surface area contributed by atoms with Gasteiger partial charge in [0.1, 0.15) is 4.90 Å². The molecule has 1 fully saturated rings. The van der Waals surface area contributed by atoms with E-state index in [0.29, 0.717) is 17.5 Å². The number of aromatic nitrogens is 2. The van der Waals surface area contributed by atoms with Gasteiger partial charge in [-0.2, -0.15) is 5.10 Å². The third-order valence-corrected chi connectivity index (χ3v) is 6.24. The number of nitrogens with two attached hydrogens (primary N) is 1. The smallest absolute Gasteiger partial charge is 0.246 e. The molecule has 3 N–H and O–H groups in total. The Morgan fingerprint density at radius 3 is 2.55 bits per heavy atom. The fourth-order valence-electron chi connectivity index (χ4n) is 2.95. The largest absolute Gasteiger partial charge is 0.381 e. The van der Waals surface area contributed by atoms with Gasteiger partial charge in [-0.15, -0.1) is 0 Å². The lowest BCUT2D eigenvalue weighted by Crippen LogP contribution is -2.43. The van der Waals surface area contributed by atoms with E-state index in [-0.39, 0.29) is 16.8 Å². The molecular weight excluding hydrogens is 276 g/mol. The summed E-state index contributed by atoms with van der Waals surface area (Å²) in [5.74, 6) is 0.925. The molecule has 2 rings (SSSR count). The number of hydrogen-bond donors (Lipinski definition) is 2. The summed E-state index contributed by atoms with van der Waals surface area (Å²) in [7, 11) is -1.92. The molecule has 114 valence electrons. The minimum atomic E-state index is -3.62. The number of rotatable bonds is 3. The van der Waals surface area contributed by atoms with Crippen LogP contribution in [0.15, 0.2) is 4.90 Å². The van der Waals surface area contributed by atoms with Crippen LogP contribution in [0.1, 0.15) is 38.8 Å². The van der Waals surface area contributed by atoms with Crippen LogP contribution in [0.3, 0.4) is 0 Å². The van der Waals surface area contributed by atoms with Crippen molar-refractivity contribution in [3.05, 3.63) is 5.69 Å². The van der Waals surface area contributed by atoms with Gasteiger partial charge in [0.2, 0.25) is 10.0 Å². The number of nitrogen functional groups attached to an aromatic ring is 1. The highest BCUT2D eigenvalue weighted by molar-refractivity contribution is 7.89. The lowest BCUT2D eigenvalue weighted by Gasteiger charge is -2.34. The summed E-state index contributed by atoms with van der Waals surface area (Å²) in [5.41, 5.74) is 6.31. The van der Waals surface area contributed by atoms with Crippen LogP contribution in [-0.4, -0.2) is 24.2 Å². The van der Waals surface area contributed by atoms with Crippen molar-refractivity contribution < 1.29 is 8.42 Å². The van der Waals surface area contributed by atoms with Gasteiger partial charge in [0.15, 0.2) is 5.82 Å². The molecule has 0 aliphatic heterocycles. The van der Waals surface area contributed by atoms with E-state index in [1.54, 1.807) is 14.0 Å². The zero-order valence-corrected chi connectivity index (χ0v) is 13.4. The molecule has 0 spiro atoms. The first-order valence-electron chi connectivity index (χ1n) is 7.05. The van der Waals surface area contributed by atoms with Crippen LogP contribution < -0.4 is 10.5 Å². The molecule has 1 heterocycles. The Labute approximate surface area is 120 Å². The lowest BCUT2D eigenvalue weighted by molar-refractivity contribution is 0.227. The van der Waals surface area contributed by atoms with Gasteiger partial charge >= 0.3 is 0 Å². The molecular formula is C13H24N4O2S. The van der Waals surface area contributed by atoms with Gasteiger partial charge in [-0.1, -0.05) is 26.7 Å². The Balaban J connectivity index is 2.27. The summed E-state index contributed by atoms with van der Waals surface area (Å²) in [5, 5.41) is 3.98. The molecule has 3 atom stereocenters. The van der Waals surface area contributed by atoms with Crippen molar-refractivity contribution >= 4 is 15.8 Å². The number of nitrogens with zero attached hydrogens (tertiary/aromatic N) is 2. The highest BCUT2D eigenvalue weighted by Gasteiger charge is 2.33. The van der Waals surface area contributed by atoms with E-state index in [2.05, 4.69) is 23.7 Å². The number of sulfonamides is 1. The van der Waals surface area contributed by atoms with Gasteiger partial charge in [0, 0.05) is 13.1 Å². The molecule has 0 amide bonds. The summed E-state index contributed by atoms with van der Waals surface area (Å²) in [6, 6.07) is -0.0252. The highest BCUT2D eigenvalue weighted by Crippen LogP contribution is 2.31. The molecule has 0 radical (unpaired) electrons. The average Bonchev–Trinajstić information content (AvgIpc) is 2.59. The lowest BCUT2D eigenvalue weighted by atomic mass is 9.78. The van der Waals surface area contributed by atoms with Gasteiger partial charge in [-0.3, -0.25) is 4.68 Å². The first kappa shape index (κ1) is 15.3. The standard InChI is InChI=1S/C13H24N4O2S/c1-8-6-5-7-11(9(8)2)16-20(18,19)12-10(3)17(4)15-13(12)14/h8-9,11,16H,5-7H2,1-4H3,(H2,14,15). The average molecular weight is 300 g/mol. The quantitative estimate of drug-likeness (QED) is 0.883. The molecule has 1 aromatic rings. The van der Waals surface area contributed by atoms with Gasteiger partial charge in [-0.05, 0) is 25.2 Å². The second kappa shape index (κ2) is 5.37. The first-order chi connectivity index (χ1) is 9.24. The van der Waals surface area contributed by atoms with Crippen molar-refractivity contribution in [2.24, 2.45) is 18.9 Å². The normalized spacial score (nSPS) is 27.7. The highest BCUT2D eigenvalue weighted by atomic mass is 32.2. The molecule has 1 saturated carbocycles. The first-order valence-corrected chi connectivity index (χ1v) is 8.53. The number of anilines is 1. The van der Waals surface area contributed by atoms with E-state index < -0.39 is 10.0 Å². The fourth-order valence-corrected chi connectivity index (χ4v) is 4.64. The van der Waals surface area contributed by atoms with Crippen molar-refractivity contribution in [1.29, 1.82) is 0 Å². The molecule has 1 aromatic heterocycles. The summed E-state index contributed by atoms with van der Waals surface area (Å²) in [6.07, 6.45) is 3.09. The number of nitrogens with one attached hydrogen (secondary N) is 1. The zero-order chi connectivity index (χ0) is 15.1. The van der Waals surface area contributed by atoms with Crippen LogP contribution >= 0.6 is 0 Å². The fraction of sp³-hybridized carbons (Fsp3) is 0.769. The maximum absolute atomic E-state index is 12.6. The Bertz CT molecular complexity index is 594. The molecule has 0 bridgehead atoms. The molecule has 1 aliphatic rings. The third-order valence-electron chi connectivity index (χ3n) is 4.59. The third kappa shape index (κ3) is 2.69. The Kier molecular flexibility index (Phi) is 4.11. The summed E-state index contributed by atoms with van der Waals surface area (Å²) in [4.78, 5) is 0.116. The van der Waals surface area contributed by atoms with Crippen molar-refractivity contribution in [2.75, 3.05) is 5.73 Å². The molecule has 6 nitrogen and oxygen atoms in total. The van der Waals surface area contributed by atoms with E-state index in [9.17, 15) is 8.42 Å². The van der Waals surface area contributed by atoms with Crippen LogP contribution in [0, 0.1) is 18.8 Å². The van der Waals surface area contributed by atoms with E-state index in [4.69, 9.17) is 5.73 Å². The van der Waals surface area contributed by atoms with Crippen LogP contribution in [0.5, 0.6) is 0 Å². The zero-order valence-electron chi connectivity index (χ0n) is 12.5. The Morgan fingerprint density at radius 1 is 1.35 bits per heavy atom. The van der Waals surface area contributed by atoms with Gasteiger partial charge in [-0.25, -0.2) is 13.1 Å². The Morgan fingerprint density at radius 2 is 2.00 bits per heavy atom. The Hall–Kier alpha value is -1.08. The van der Waals surface area contributed by atoms with Crippen LogP contribution in [0.2, 0.25) is 0 Å². The van der Waals surface area contributed by atoms with Crippen LogP contribution in [0.4, 0.5) is 5.82 Å². The predicted octanol–water partition coefficient (Wildman–Crippen LogP) is 1.41. The molecule has 20 heavy (non-hydrogen) atoms. The SMILES string of the molecule is Cc1c(S(=O)(=O)NC2CCCC(C)C2C)c(N)nn1C. The summed E-state index contributed by atoms with van der Waals surface area (Å²) in [6.45, 7) is 6.00. The van der Waals surface area contributed by atoms with Crippen LogP contribution in [0.25, 0.3) is 0 Å². The van der Waals surface area contributed by atoms with Crippen molar-refractivity contribution in [1.82, 2.24) is 14.5 Å². The van der Waals surface area contributed by atoms with Crippen LogP contribution in [-0.2, 0) is 17.1 Å². The maximum Gasteiger partial charge on any atom is 0.246 e. The summed E-state index contributed by atoms with van der Waals surface area (Å²) < 4.78 is 29.4. The van der Waals surface area contributed by atoms with Crippen molar-refractivity contribution in [3.63, 3.8) is 0 Å². The van der Waals surface area contributed by atoms with Gasteiger partial charge in [0.05, 0.1) is 5.69 Å². The molecule has 3 unspecified atom stereocenters. The molecule has 1 aliphatic carbocycles. The van der Waals surface area contributed by atoms with Gasteiger partial charge in [0.25, 0.3) is 0 Å². The van der Waals surface area contributed by atoms with E-state index in [1.165, 1.54) is 4.68 Å². The molecule has 0 saturated heterocycles. The summed E-state index contributed by atoms with van der Waals surface area (Å²) >= 11 is 0.